The molecule has 2 aromatic carbocycles. The predicted molar refractivity (Wildman–Crippen MR) is 90.6 cm³/mol. The van der Waals surface area contributed by atoms with E-state index in [1.165, 1.54) is 4.90 Å². The lowest BCUT2D eigenvalue weighted by Crippen LogP contribution is -2.40. The summed E-state index contributed by atoms with van der Waals surface area (Å²) in [5.74, 6) is -0.946. The second-order valence-corrected chi connectivity index (χ2v) is 5.59. The van der Waals surface area contributed by atoms with Crippen molar-refractivity contribution in [2.75, 3.05) is 7.05 Å². The smallest absolute Gasteiger partial charge is 0.410 e. The normalized spacial score (nSPS) is 11.5. The molecule has 2 aromatic rings. The minimum Gasteiger partial charge on any atom is -0.481 e. The Hall–Kier alpha value is -2.82. The molecule has 0 unspecified atom stereocenters. The molecule has 24 heavy (non-hydrogen) atoms. The van der Waals surface area contributed by atoms with Crippen molar-refractivity contribution in [1.29, 1.82) is 0 Å². The van der Waals surface area contributed by atoms with Gasteiger partial charge in [0.25, 0.3) is 0 Å². The molecule has 0 bridgehead atoms. The summed E-state index contributed by atoms with van der Waals surface area (Å²) < 4.78 is 5.28. The van der Waals surface area contributed by atoms with Gasteiger partial charge in [-0.1, -0.05) is 60.7 Å². The maximum absolute atomic E-state index is 12.2. The fourth-order valence-corrected chi connectivity index (χ4v) is 2.40. The van der Waals surface area contributed by atoms with Crippen molar-refractivity contribution < 1.29 is 19.4 Å². The lowest BCUT2D eigenvalue weighted by Gasteiger charge is -2.26. The average molecular weight is 327 g/mol. The van der Waals surface area contributed by atoms with Gasteiger partial charge in [0.2, 0.25) is 0 Å². The zero-order valence-corrected chi connectivity index (χ0v) is 13.6. The van der Waals surface area contributed by atoms with Crippen LogP contribution in [-0.2, 0) is 22.6 Å². The standard InChI is InChI=1S/C19H21NO4/c1-20(19(23)24-14-16-10-6-3-7-11-16)17(13-18(21)22)12-15-8-4-2-5-9-15/h2-11,17H,12-14H2,1H3,(H,21,22)/t17-/m0/s1. The lowest BCUT2D eigenvalue weighted by atomic mass is 10.0. The summed E-state index contributed by atoms with van der Waals surface area (Å²) in [4.78, 5) is 24.7. The molecule has 1 atom stereocenters. The number of benzene rings is 2. The summed E-state index contributed by atoms with van der Waals surface area (Å²) in [6.45, 7) is 0.162. The minimum absolute atomic E-state index is 0.133. The molecule has 0 heterocycles. The highest BCUT2D eigenvalue weighted by Gasteiger charge is 2.24. The maximum Gasteiger partial charge on any atom is 0.410 e. The number of hydrogen-bond donors (Lipinski definition) is 1. The Bertz CT molecular complexity index is 658. The SMILES string of the molecule is CN(C(=O)OCc1ccccc1)[C@H](CC(=O)O)Cc1ccccc1. The first kappa shape index (κ1) is 17.5. The zero-order chi connectivity index (χ0) is 17.4. The van der Waals surface area contributed by atoms with Crippen LogP contribution in [0.4, 0.5) is 4.79 Å². The van der Waals surface area contributed by atoms with Gasteiger partial charge < -0.3 is 14.7 Å². The highest BCUT2D eigenvalue weighted by molar-refractivity contribution is 5.71. The van der Waals surface area contributed by atoms with Crippen molar-refractivity contribution in [1.82, 2.24) is 4.90 Å². The first-order chi connectivity index (χ1) is 11.6. The topological polar surface area (TPSA) is 66.8 Å². The number of nitrogens with zero attached hydrogens (tertiary/aromatic N) is 1. The van der Waals surface area contributed by atoms with Gasteiger partial charge in [-0.15, -0.1) is 0 Å². The second kappa shape index (κ2) is 8.72. The fraction of sp³-hybridized carbons (Fsp3) is 0.263. The van der Waals surface area contributed by atoms with Crippen LogP contribution < -0.4 is 0 Å². The maximum atomic E-state index is 12.2. The fourth-order valence-electron chi connectivity index (χ4n) is 2.40. The third-order valence-electron chi connectivity index (χ3n) is 3.77. The summed E-state index contributed by atoms with van der Waals surface area (Å²) in [6.07, 6.45) is -0.198. The lowest BCUT2D eigenvalue weighted by molar-refractivity contribution is -0.138. The molecule has 0 saturated heterocycles. The quantitative estimate of drug-likeness (QED) is 0.847. The number of amides is 1. The predicted octanol–water partition coefficient (Wildman–Crippen LogP) is 3.34. The largest absolute Gasteiger partial charge is 0.481 e. The molecule has 0 fully saturated rings. The summed E-state index contributed by atoms with van der Waals surface area (Å²) in [7, 11) is 1.57. The molecular formula is C19H21NO4. The van der Waals surface area contributed by atoms with Crippen LogP contribution in [0.1, 0.15) is 17.5 Å². The van der Waals surface area contributed by atoms with E-state index in [4.69, 9.17) is 9.84 Å². The number of ether oxygens (including phenoxy) is 1. The van der Waals surface area contributed by atoms with E-state index in [0.717, 1.165) is 11.1 Å². The van der Waals surface area contributed by atoms with Crippen LogP contribution in [0.5, 0.6) is 0 Å². The zero-order valence-electron chi connectivity index (χ0n) is 13.6. The summed E-state index contributed by atoms with van der Waals surface area (Å²) in [6, 6.07) is 18.4. The number of aliphatic carboxylic acids is 1. The van der Waals surface area contributed by atoms with Gasteiger partial charge in [-0.3, -0.25) is 4.79 Å². The number of carboxylic acid groups (broad SMARTS) is 1. The molecule has 1 N–H and O–H groups in total. The van der Waals surface area contributed by atoms with E-state index in [-0.39, 0.29) is 13.0 Å². The Morgan fingerprint density at radius 2 is 1.54 bits per heavy atom. The minimum atomic E-state index is -0.946. The Morgan fingerprint density at radius 3 is 2.08 bits per heavy atom. The monoisotopic (exact) mass is 327 g/mol. The molecule has 0 aliphatic carbocycles. The van der Waals surface area contributed by atoms with Crippen LogP contribution in [-0.4, -0.2) is 35.2 Å². The molecular weight excluding hydrogens is 306 g/mol. The van der Waals surface area contributed by atoms with Crippen molar-refractivity contribution in [3.8, 4) is 0 Å². The molecule has 0 radical (unpaired) electrons. The molecule has 5 heteroatoms. The van der Waals surface area contributed by atoms with E-state index in [1.807, 2.05) is 60.7 Å². The first-order valence-corrected chi connectivity index (χ1v) is 7.75. The van der Waals surface area contributed by atoms with E-state index in [2.05, 4.69) is 0 Å². The average Bonchev–Trinajstić information content (AvgIpc) is 2.60. The number of carbonyl (C=O) groups excluding carboxylic acids is 1. The molecule has 0 aliphatic rings. The van der Waals surface area contributed by atoms with Crippen LogP contribution >= 0.6 is 0 Å². The highest BCUT2D eigenvalue weighted by Crippen LogP contribution is 2.13. The van der Waals surface area contributed by atoms with Gasteiger partial charge in [-0.25, -0.2) is 4.79 Å². The Balaban J connectivity index is 1.99. The Morgan fingerprint density at radius 1 is 1.00 bits per heavy atom. The van der Waals surface area contributed by atoms with Crippen LogP contribution in [0, 0.1) is 0 Å². The third kappa shape index (κ3) is 5.43. The second-order valence-electron chi connectivity index (χ2n) is 5.59. The molecule has 126 valence electrons. The van der Waals surface area contributed by atoms with Crippen molar-refractivity contribution in [2.45, 2.75) is 25.5 Å². The van der Waals surface area contributed by atoms with Gasteiger partial charge in [0.05, 0.1) is 6.42 Å². The van der Waals surface area contributed by atoms with Crippen molar-refractivity contribution in [3.05, 3.63) is 71.8 Å². The Labute approximate surface area is 141 Å². The van der Waals surface area contributed by atoms with E-state index >= 15 is 0 Å². The van der Waals surface area contributed by atoms with E-state index in [0.29, 0.717) is 6.42 Å². The van der Waals surface area contributed by atoms with Crippen molar-refractivity contribution >= 4 is 12.1 Å². The molecule has 0 saturated carbocycles. The van der Waals surface area contributed by atoms with E-state index < -0.39 is 18.1 Å². The third-order valence-corrected chi connectivity index (χ3v) is 3.77. The van der Waals surface area contributed by atoms with E-state index in [1.54, 1.807) is 7.05 Å². The van der Waals surface area contributed by atoms with Crippen molar-refractivity contribution in [3.63, 3.8) is 0 Å². The van der Waals surface area contributed by atoms with Gasteiger partial charge in [-0.2, -0.15) is 0 Å². The summed E-state index contributed by atoms with van der Waals surface area (Å²) in [5.41, 5.74) is 1.86. The number of carbonyl (C=O) groups is 2. The van der Waals surface area contributed by atoms with Gasteiger partial charge in [0.1, 0.15) is 6.61 Å². The van der Waals surface area contributed by atoms with Gasteiger partial charge in [0, 0.05) is 13.1 Å². The molecule has 0 aromatic heterocycles. The highest BCUT2D eigenvalue weighted by atomic mass is 16.6. The van der Waals surface area contributed by atoms with Gasteiger partial charge >= 0.3 is 12.1 Å². The van der Waals surface area contributed by atoms with Crippen molar-refractivity contribution in [2.24, 2.45) is 0 Å². The first-order valence-electron chi connectivity index (χ1n) is 7.75. The Kier molecular flexibility index (Phi) is 6.37. The number of hydrogen-bond acceptors (Lipinski definition) is 3. The molecule has 2 rings (SSSR count). The molecule has 1 amide bonds. The summed E-state index contributed by atoms with van der Waals surface area (Å²) >= 11 is 0. The number of likely N-dealkylation sites (N-methyl/N-ethyl adjacent to an activating group) is 1. The van der Waals surface area contributed by atoms with Gasteiger partial charge in [-0.05, 0) is 17.5 Å². The number of rotatable bonds is 7. The van der Waals surface area contributed by atoms with Crippen LogP contribution in [0.3, 0.4) is 0 Å². The molecule has 0 aliphatic heterocycles. The van der Waals surface area contributed by atoms with E-state index in [9.17, 15) is 9.59 Å². The van der Waals surface area contributed by atoms with Crippen LogP contribution in [0.15, 0.2) is 60.7 Å². The molecule has 0 spiro atoms. The van der Waals surface area contributed by atoms with Crippen LogP contribution in [0.25, 0.3) is 0 Å². The van der Waals surface area contributed by atoms with Gasteiger partial charge in [0.15, 0.2) is 0 Å². The summed E-state index contributed by atoms with van der Waals surface area (Å²) in [5, 5.41) is 9.12. The number of carboxylic acids is 1. The van der Waals surface area contributed by atoms with Crippen LogP contribution in [0.2, 0.25) is 0 Å². The molecule has 5 nitrogen and oxygen atoms in total.